The number of aromatic nitrogens is 3. The Bertz CT molecular complexity index is 974. The van der Waals surface area contributed by atoms with Crippen LogP contribution in [0.1, 0.15) is 36.7 Å². The van der Waals surface area contributed by atoms with E-state index in [4.69, 9.17) is 5.73 Å². The highest BCUT2D eigenvalue weighted by Gasteiger charge is 2.33. The molecule has 7 heteroatoms. The second kappa shape index (κ2) is 8.53. The highest BCUT2D eigenvalue weighted by atomic mass is 19.1. The number of carbonyl (C=O) groups is 1. The van der Waals surface area contributed by atoms with Crippen LogP contribution in [-0.4, -0.2) is 38.2 Å². The van der Waals surface area contributed by atoms with Crippen molar-refractivity contribution in [3.63, 3.8) is 0 Å². The van der Waals surface area contributed by atoms with E-state index >= 15 is 0 Å². The fraction of sp³-hybridized carbons (Fsp3) is 0.318. The molecule has 1 aliphatic rings. The highest BCUT2D eigenvalue weighted by molar-refractivity contribution is 5.77. The van der Waals surface area contributed by atoms with Crippen molar-refractivity contribution in [1.82, 2.24) is 19.7 Å². The third-order valence-electron chi connectivity index (χ3n) is 5.28. The van der Waals surface area contributed by atoms with Crippen LogP contribution in [0.5, 0.6) is 0 Å². The van der Waals surface area contributed by atoms with Gasteiger partial charge >= 0.3 is 0 Å². The number of hydrogen-bond acceptors (Lipinski definition) is 4. The van der Waals surface area contributed by atoms with Crippen LogP contribution >= 0.6 is 0 Å². The van der Waals surface area contributed by atoms with E-state index in [2.05, 4.69) is 10.1 Å². The van der Waals surface area contributed by atoms with Crippen molar-refractivity contribution >= 4 is 5.91 Å². The lowest BCUT2D eigenvalue weighted by atomic mass is 10.0. The first-order valence-corrected chi connectivity index (χ1v) is 9.87. The van der Waals surface area contributed by atoms with E-state index in [-0.39, 0.29) is 24.2 Å². The molecule has 0 aliphatic carbocycles. The lowest BCUT2D eigenvalue weighted by Crippen LogP contribution is -2.36. The third kappa shape index (κ3) is 4.35. The summed E-state index contributed by atoms with van der Waals surface area (Å²) >= 11 is 0. The SMILES string of the molecule is N[C@@H](CC(=O)N1CCC[C@H]1c1ncn(-c2ccccc2)n1)Cc1ccccc1F. The fourth-order valence-electron chi connectivity index (χ4n) is 3.83. The predicted molar refractivity (Wildman–Crippen MR) is 108 cm³/mol. The Morgan fingerprint density at radius 2 is 1.93 bits per heavy atom. The molecule has 0 bridgehead atoms. The van der Waals surface area contributed by atoms with E-state index in [9.17, 15) is 9.18 Å². The van der Waals surface area contributed by atoms with E-state index < -0.39 is 6.04 Å². The zero-order valence-electron chi connectivity index (χ0n) is 16.1. The normalized spacial score (nSPS) is 17.4. The number of carbonyl (C=O) groups excluding carboxylic acids is 1. The molecule has 1 amide bonds. The number of halogens is 1. The minimum absolute atomic E-state index is 0.0348. The number of nitrogens with two attached hydrogens (primary N) is 1. The van der Waals surface area contributed by atoms with Crippen LogP contribution in [0.3, 0.4) is 0 Å². The molecule has 29 heavy (non-hydrogen) atoms. The highest BCUT2D eigenvalue weighted by Crippen LogP contribution is 2.30. The summed E-state index contributed by atoms with van der Waals surface area (Å²) in [5, 5.41) is 4.58. The molecule has 2 atom stereocenters. The van der Waals surface area contributed by atoms with E-state index in [1.54, 1.807) is 29.2 Å². The molecule has 1 saturated heterocycles. The summed E-state index contributed by atoms with van der Waals surface area (Å²) in [7, 11) is 0. The van der Waals surface area contributed by atoms with Gasteiger partial charge in [-0.1, -0.05) is 36.4 Å². The summed E-state index contributed by atoms with van der Waals surface area (Å²) < 4.78 is 15.6. The molecule has 1 aromatic heterocycles. The van der Waals surface area contributed by atoms with Gasteiger partial charge in [-0.3, -0.25) is 4.79 Å². The molecular formula is C22H24FN5O. The van der Waals surface area contributed by atoms with Crippen molar-refractivity contribution < 1.29 is 9.18 Å². The van der Waals surface area contributed by atoms with Crippen LogP contribution in [0.4, 0.5) is 4.39 Å². The van der Waals surface area contributed by atoms with Crippen molar-refractivity contribution in [2.75, 3.05) is 6.54 Å². The Morgan fingerprint density at radius 1 is 1.17 bits per heavy atom. The maximum Gasteiger partial charge on any atom is 0.224 e. The molecule has 1 aliphatic heterocycles. The quantitative estimate of drug-likeness (QED) is 0.698. The molecular weight excluding hydrogens is 369 g/mol. The van der Waals surface area contributed by atoms with Gasteiger partial charge in [0.05, 0.1) is 11.7 Å². The van der Waals surface area contributed by atoms with Crippen molar-refractivity contribution in [3.05, 3.63) is 78.1 Å². The van der Waals surface area contributed by atoms with Crippen molar-refractivity contribution in [2.45, 2.75) is 37.8 Å². The van der Waals surface area contributed by atoms with Crippen molar-refractivity contribution in [2.24, 2.45) is 5.73 Å². The van der Waals surface area contributed by atoms with Gasteiger partial charge in [-0.15, -0.1) is 5.10 Å². The Morgan fingerprint density at radius 3 is 2.72 bits per heavy atom. The predicted octanol–water partition coefficient (Wildman–Crippen LogP) is 3.03. The summed E-state index contributed by atoms with van der Waals surface area (Å²) in [6.07, 6.45) is 3.91. The third-order valence-corrected chi connectivity index (χ3v) is 5.28. The first kappa shape index (κ1) is 19.3. The summed E-state index contributed by atoms with van der Waals surface area (Å²) in [5.74, 6) is 0.319. The first-order chi connectivity index (χ1) is 14.1. The van der Waals surface area contributed by atoms with Crippen molar-refractivity contribution in [3.8, 4) is 5.69 Å². The van der Waals surface area contributed by atoms with Gasteiger partial charge in [0.25, 0.3) is 0 Å². The Kier molecular flexibility index (Phi) is 5.67. The van der Waals surface area contributed by atoms with Gasteiger partial charge in [0.15, 0.2) is 5.82 Å². The zero-order valence-corrected chi connectivity index (χ0v) is 16.1. The maximum atomic E-state index is 13.8. The van der Waals surface area contributed by atoms with Gasteiger partial charge in [-0.2, -0.15) is 0 Å². The molecule has 0 saturated carbocycles. The van der Waals surface area contributed by atoms with Crippen LogP contribution in [0.25, 0.3) is 5.69 Å². The summed E-state index contributed by atoms with van der Waals surface area (Å²) in [6.45, 7) is 0.662. The van der Waals surface area contributed by atoms with E-state index in [1.165, 1.54) is 6.07 Å². The fourth-order valence-corrected chi connectivity index (χ4v) is 3.83. The molecule has 2 N–H and O–H groups in total. The molecule has 2 heterocycles. The Labute approximate surface area is 169 Å². The zero-order chi connectivity index (χ0) is 20.2. The van der Waals surface area contributed by atoms with Crippen LogP contribution in [0.2, 0.25) is 0 Å². The topological polar surface area (TPSA) is 77.0 Å². The number of likely N-dealkylation sites (tertiary alicyclic amines) is 1. The van der Waals surface area contributed by atoms with Crippen molar-refractivity contribution in [1.29, 1.82) is 0 Å². The number of amides is 1. The summed E-state index contributed by atoms with van der Waals surface area (Å²) in [6, 6.07) is 15.7. The standard InChI is InChI=1S/C22H24FN5O/c23-19-10-5-4-7-16(19)13-17(24)14-21(29)27-12-6-11-20(27)22-25-15-28(26-22)18-8-2-1-3-9-18/h1-5,7-10,15,17,20H,6,11-14,24H2/t17-,20+/m1/s1. The Hall–Kier alpha value is -3.06. The lowest BCUT2D eigenvalue weighted by Gasteiger charge is -2.24. The first-order valence-electron chi connectivity index (χ1n) is 9.87. The second-order valence-electron chi connectivity index (χ2n) is 7.39. The average molecular weight is 393 g/mol. The molecule has 4 rings (SSSR count). The number of nitrogens with zero attached hydrogens (tertiary/aromatic N) is 4. The van der Waals surface area contributed by atoms with Gasteiger partial charge in [-0.25, -0.2) is 14.1 Å². The number of hydrogen-bond donors (Lipinski definition) is 1. The van der Waals surface area contributed by atoms with E-state index in [1.807, 2.05) is 35.2 Å². The van der Waals surface area contributed by atoms with Gasteiger partial charge in [0.2, 0.25) is 5.91 Å². The number of rotatable bonds is 6. The summed E-state index contributed by atoms with van der Waals surface area (Å²) in [4.78, 5) is 19.1. The number of benzene rings is 2. The minimum Gasteiger partial charge on any atom is -0.332 e. The molecule has 2 aromatic carbocycles. The van der Waals surface area contributed by atoms with Crippen LogP contribution in [-0.2, 0) is 11.2 Å². The van der Waals surface area contributed by atoms with Crippen LogP contribution in [0.15, 0.2) is 60.9 Å². The van der Waals surface area contributed by atoms with E-state index in [0.717, 1.165) is 18.5 Å². The van der Waals surface area contributed by atoms with Gasteiger partial charge in [-0.05, 0) is 43.0 Å². The molecule has 0 spiro atoms. The Balaban J connectivity index is 1.42. The minimum atomic E-state index is -0.435. The van der Waals surface area contributed by atoms with Crippen LogP contribution in [0, 0.1) is 5.82 Å². The van der Waals surface area contributed by atoms with Gasteiger partial charge in [0, 0.05) is 19.0 Å². The largest absolute Gasteiger partial charge is 0.332 e. The smallest absolute Gasteiger partial charge is 0.224 e. The number of para-hydroxylation sites is 1. The van der Waals surface area contributed by atoms with E-state index in [0.29, 0.717) is 24.4 Å². The summed E-state index contributed by atoms with van der Waals surface area (Å²) in [5.41, 5.74) is 7.62. The lowest BCUT2D eigenvalue weighted by molar-refractivity contribution is -0.132. The molecule has 6 nitrogen and oxygen atoms in total. The molecule has 3 aromatic rings. The van der Waals surface area contributed by atoms with Crippen LogP contribution < -0.4 is 5.73 Å². The second-order valence-corrected chi connectivity index (χ2v) is 7.39. The molecule has 150 valence electrons. The molecule has 0 radical (unpaired) electrons. The monoisotopic (exact) mass is 393 g/mol. The molecule has 0 unspecified atom stereocenters. The van der Waals surface area contributed by atoms with Gasteiger partial charge in [0.1, 0.15) is 12.1 Å². The maximum absolute atomic E-state index is 13.8. The van der Waals surface area contributed by atoms with Gasteiger partial charge < -0.3 is 10.6 Å². The average Bonchev–Trinajstić information content (AvgIpc) is 3.40. The molecule has 1 fully saturated rings.